The number of piperidine rings is 1. The number of aromatic nitrogens is 2. The Morgan fingerprint density at radius 1 is 1.50 bits per heavy atom. The molecule has 1 aromatic rings. The van der Waals surface area contributed by atoms with E-state index in [4.69, 9.17) is 0 Å². The molecule has 1 aliphatic heterocycles. The second-order valence-electron chi connectivity index (χ2n) is 4.72. The smallest absolute Gasteiger partial charge is 0.323 e. The van der Waals surface area contributed by atoms with E-state index in [0.717, 1.165) is 25.9 Å². The molecule has 0 radical (unpaired) electrons. The van der Waals surface area contributed by atoms with Gasteiger partial charge in [-0.15, -0.1) is 0 Å². The van der Waals surface area contributed by atoms with Gasteiger partial charge in [0.2, 0.25) is 5.13 Å². The monoisotopic (exact) mass is 269 g/mol. The van der Waals surface area contributed by atoms with Crippen LogP contribution in [0.2, 0.25) is 0 Å². The summed E-state index contributed by atoms with van der Waals surface area (Å²) in [4.78, 5) is 20.2. The SMILES string of the molecule is Cc1nsc(NC(=O)N(C)C2CCN(C)CC2)n1. The van der Waals surface area contributed by atoms with Gasteiger partial charge in [0.05, 0.1) is 0 Å². The standard InChI is InChI=1S/C11H19N5OS/c1-8-12-10(18-14-8)13-11(17)16(3)9-4-6-15(2)7-5-9/h9H,4-7H2,1-3H3,(H,12,13,14,17). The number of likely N-dealkylation sites (tertiary alicyclic amines) is 1. The number of anilines is 1. The highest BCUT2D eigenvalue weighted by molar-refractivity contribution is 7.09. The third-order valence-electron chi connectivity index (χ3n) is 3.30. The van der Waals surface area contributed by atoms with Crippen LogP contribution in [0.4, 0.5) is 9.93 Å². The average Bonchev–Trinajstić information content (AvgIpc) is 2.75. The lowest BCUT2D eigenvalue weighted by Gasteiger charge is -2.34. The van der Waals surface area contributed by atoms with Crippen molar-refractivity contribution in [3.63, 3.8) is 0 Å². The first kappa shape index (κ1) is 13.2. The Bertz CT molecular complexity index is 413. The number of urea groups is 1. The molecule has 0 saturated carbocycles. The molecule has 0 bridgehead atoms. The van der Waals surface area contributed by atoms with Crippen molar-refractivity contribution in [3.05, 3.63) is 5.82 Å². The summed E-state index contributed by atoms with van der Waals surface area (Å²) < 4.78 is 4.04. The number of amides is 2. The summed E-state index contributed by atoms with van der Waals surface area (Å²) in [7, 11) is 3.96. The molecule has 0 atom stereocenters. The molecular formula is C11H19N5OS. The Labute approximate surface area is 111 Å². The van der Waals surface area contributed by atoms with Gasteiger partial charge in [-0.05, 0) is 39.9 Å². The lowest BCUT2D eigenvalue weighted by atomic mass is 10.0. The lowest BCUT2D eigenvalue weighted by Crippen LogP contribution is -2.46. The number of aryl methyl sites for hydroxylation is 1. The third kappa shape index (κ3) is 3.17. The van der Waals surface area contributed by atoms with Gasteiger partial charge in [-0.2, -0.15) is 4.37 Å². The van der Waals surface area contributed by atoms with E-state index in [2.05, 4.69) is 26.6 Å². The molecule has 0 aliphatic carbocycles. The number of hydrogen-bond donors (Lipinski definition) is 1. The van der Waals surface area contributed by atoms with E-state index in [9.17, 15) is 4.79 Å². The summed E-state index contributed by atoms with van der Waals surface area (Å²) in [6, 6.07) is 0.218. The van der Waals surface area contributed by atoms with Crippen LogP contribution in [-0.4, -0.2) is 58.4 Å². The van der Waals surface area contributed by atoms with Crippen LogP contribution in [-0.2, 0) is 0 Å². The number of rotatable bonds is 2. The highest BCUT2D eigenvalue weighted by Gasteiger charge is 2.24. The van der Waals surface area contributed by atoms with Crippen LogP contribution in [0.3, 0.4) is 0 Å². The van der Waals surface area contributed by atoms with Crippen LogP contribution in [0, 0.1) is 6.92 Å². The van der Waals surface area contributed by atoms with Gasteiger partial charge < -0.3 is 9.80 Å². The van der Waals surface area contributed by atoms with Gasteiger partial charge in [-0.25, -0.2) is 9.78 Å². The Morgan fingerprint density at radius 2 is 2.17 bits per heavy atom. The maximum Gasteiger partial charge on any atom is 0.323 e. The molecule has 100 valence electrons. The largest absolute Gasteiger partial charge is 0.324 e. The van der Waals surface area contributed by atoms with Gasteiger partial charge in [-0.3, -0.25) is 5.32 Å². The van der Waals surface area contributed by atoms with Crippen molar-refractivity contribution in [2.75, 3.05) is 32.5 Å². The summed E-state index contributed by atoms with van der Waals surface area (Å²) >= 11 is 1.21. The molecule has 2 heterocycles. The molecule has 6 nitrogen and oxygen atoms in total. The molecule has 2 amide bonds. The first-order chi connectivity index (χ1) is 8.56. The number of carbonyl (C=O) groups is 1. The Kier molecular flexibility index (Phi) is 4.13. The fraction of sp³-hybridized carbons (Fsp3) is 0.727. The fourth-order valence-corrected chi connectivity index (χ4v) is 2.64. The van der Waals surface area contributed by atoms with Crippen molar-refractivity contribution >= 4 is 22.7 Å². The van der Waals surface area contributed by atoms with Crippen LogP contribution in [0.5, 0.6) is 0 Å². The molecule has 18 heavy (non-hydrogen) atoms. The lowest BCUT2D eigenvalue weighted by molar-refractivity contribution is 0.156. The number of carbonyl (C=O) groups excluding carboxylic acids is 1. The molecule has 0 spiro atoms. The molecule has 1 fully saturated rings. The van der Waals surface area contributed by atoms with Gasteiger partial charge >= 0.3 is 6.03 Å². The molecular weight excluding hydrogens is 250 g/mol. The Hall–Kier alpha value is -1.21. The molecule has 1 aliphatic rings. The fourth-order valence-electron chi connectivity index (χ4n) is 2.08. The second-order valence-corrected chi connectivity index (χ2v) is 5.47. The highest BCUT2D eigenvalue weighted by atomic mass is 32.1. The molecule has 2 rings (SSSR count). The van der Waals surface area contributed by atoms with E-state index in [1.165, 1.54) is 11.5 Å². The van der Waals surface area contributed by atoms with Crippen LogP contribution >= 0.6 is 11.5 Å². The molecule has 0 aromatic carbocycles. The van der Waals surface area contributed by atoms with E-state index >= 15 is 0 Å². The zero-order valence-corrected chi connectivity index (χ0v) is 11.8. The molecule has 0 unspecified atom stereocenters. The van der Waals surface area contributed by atoms with Crippen LogP contribution in [0.15, 0.2) is 0 Å². The van der Waals surface area contributed by atoms with E-state index < -0.39 is 0 Å². The van der Waals surface area contributed by atoms with E-state index in [0.29, 0.717) is 17.0 Å². The minimum absolute atomic E-state index is 0.0966. The van der Waals surface area contributed by atoms with Gasteiger partial charge in [0.15, 0.2) is 0 Å². The molecule has 7 heteroatoms. The van der Waals surface area contributed by atoms with E-state index in [1.54, 1.807) is 4.90 Å². The summed E-state index contributed by atoms with van der Waals surface area (Å²) in [6.45, 7) is 3.90. The Balaban J connectivity index is 1.88. The summed E-state index contributed by atoms with van der Waals surface area (Å²) in [5.41, 5.74) is 0. The van der Waals surface area contributed by atoms with Crippen LogP contribution < -0.4 is 5.32 Å². The van der Waals surface area contributed by atoms with Crippen molar-refractivity contribution in [1.82, 2.24) is 19.2 Å². The van der Waals surface area contributed by atoms with Gasteiger partial charge in [-0.1, -0.05) is 0 Å². The molecule has 1 saturated heterocycles. The van der Waals surface area contributed by atoms with Gasteiger partial charge in [0.1, 0.15) is 5.82 Å². The zero-order valence-electron chi connectivity index (χ0n) is 11.0. The minimum Gasteiger partial charge on any atom is -0.324 e. The van der Waals surface area contributed by atoms with Crippen LogP contribution in [0.25, 0.3) is 0 Å². The zero-order chi connectivity index (χ0) is 13.1. The number of nitrogens with one attached hydrogen (secondary N) is 1. The first-order valence-corrected chi connectivity index (χ1v) is 6.86. The summed E-state index contributed by atoms with van der Waals surface area (Å²) in [5, 5.41) is 3.36. The Morgan fingerprint density at radius 3 is 2.72 bits per heavy atom. The molecule has 1 N–H and O–H groups in total. The second kappa shape index (κ2) is 5.62. The van der Waals surface area contributed by atoms with Gasteiger partial charge in [0, 0.05) is 24.6 Å². The minimum atomic E-state index is -0.0966. The van der Waals surface area contributed by atoms with Crippen molar-refractivity contribution < 1.29 is 4.79 Å². The van der Waals surface area contributed by atoms with E-state index in [1.807, 2.05) is 14.0 Å². The normalized spacial score (nSPS) is 17.7. The topological polar surface area (TPSA) is 61.4 Å². The maximum atomic E-state index is 12.0. The third-order valence-corrected chi connectivity index (χ3v) is 4.02. The van der Waals surface area contributed by atoms with Crippen molar-refractivity contribution in [2.45, 2.75) is 25.8 Å². The number of nitrogens with zero attached hydrogens (tertiary/aromatic N) is 4. The predicted octanol–water partition coefficient (Wildman–Crippen LogP) is 1.40. The average molecular weight is 269 g/mol. The van der Waals surface area contributed by atoms with Gasteiger partial charge in [0.25, 0.3) is 0 Å². The summed E-state index contributed by atoms with van der Waals surface area (Å²) in [6.07, 6.45) is 2.05. The predicted molar refractivity (Wildman–Crippen MR) is 71.9 cm³/mol. The molecule has 1 aromatic heterocycles. The van der Waals surface area contributed by atoms with Crippen molar-refractivity contribution in [3.8, 4) is 0 Å². The highest BCUT2D eigenvalue weighted by Crippen LogP contribution is 2.16. The van der Waals surface area contributed by atoms with Crippen LogP contribution in [0.1, 0.15) is 18.7 Å². The van der Waals surface area contributed by atoms with Crippen molar-refractivity contribution in [2.24, 2.45) is 0 Å². The number of hydrogen-bond acceptors (Lipinski definition) is 5. The first-order valence-electron chi connectivity index (χ1n) is 6.09. The van der Waals surface area contributed by atoms with Crippen molar-refractivity contribution in [1.29, 1.82) is 0 Å². The van der Waals surface area contributed by atoms with E-state index in [-0.39, 0.29) is 6.03 Å². The summed E-state index contributed by atoms with van der Waals surface area (Å²) in [5.74, 6) is 0.692. The maximum absolute atomic E-state index is 12.0. The quantitative estimate of drug-likeness (QED) is 0.881.